The molecule has 1 atom stereocenters. The molecule has 0 nitrogen and oxygen atoms in total. The molecule has 0 amide bonds. The molecule has 0 radical (unpaired) electrons. The van der Waals surface area contributed by atoms with Crippen LogP contribution >= 0.6 is 0 Å². The minimum Gasteiger partial charge on any atom is -0.103 e. The zero-order chi connectivity index (χ0) is 9.40. The summed E-state index contributed by atoms with van der Waals surface area (Å²) >= 11 is 0. The van der Waals surface area contributed by atoms with Gasteiger partial charge in [0.25, 0.3) is 0 Å². The van der Waals surface area contributed by atoms with Crippen LogP contribution in [0.15, 0.2) is 49.6 Å². The predicted molar refractivity (Wildman–Crippen MR) is 57.1 cm³/mol. The molecule has 0 saturated carbocycles. The van der Waals surface area contributed by atoms with Crippen molar-refractivity contribution in [3.63, 3.8) is 0 Å². The van der Waals surface area contributed by atoms with E-state index in [1.807, 2.05) is 18.2 Å². The topological polar surface area (TPSA) is 0 Å². The molecule has 66 valence electrons. The summed E-state index contributed by atoms with van der Waals surface area (Å²) in [4.78, 5) is 0. The Bertz CT molecular complexity index is 184. The first-order valence-corrected chi connectivity index (χ1v) is 4.32. The number of hydrogen-bond acceptors (Lipinski definition) is 0. The van der Waals surface area contributed by atoms with Gasteiger partial charge >= 0.3 is 0 Å². The lowest BCUT2D eigenvalue weighted by Crippen LogP contribution is -1.91. The van der Waals surface area contributed by atoms with Crippen LogP contribution in [0, 0.1) is 5.92 Å². The van der Waals surface area contributed by atoms with Crippen LogP contribution in [-0.4, -0.2) is 0 Å². The Morgan fingerprint density at radius 3 is 2.33 bits per heavy atom. The highest BCUT2D eigenvalue weighted by Crippen LogP contribution is 2.13. The lowest BCUT2D eigenvalue weighted by Gasteiger charge is -2.06. The molecule has 0 fully saturated rings. The third-order valence-electron chi connectivity index (χ3n) is 1.87. The number of unbranched alkanes of at least 4 members (excludes halogenated alkanes) is 1. The van der Waals surface area contributed by atoms with Crippen molar-refractivity contribution in [3.05, 3.63) is 49.6 Å². The average Bonchev–Trinajstić information content (AvgIpc) is 2.11. The zero-order valence-electron chi connectivity index (χ0n) is 7.92. The summed E-state index contributed by atoms with van der Waals surface area (Å²) < 4.78 is 0. The van der Waals surface area contributed by atoms with E-state index in [0.29, 0.717) is 5.92 Å². The molecule has 0 saturated heterocycles. The first-order valence-electron chi connectivity index (χ1n) is 4.32. The van der Waals surface area contributed by atoms with E-state index in [4.69, 9.17) is 0 Å². The predicted octanol–water partition coefficient (Wildman–Crippen LogP) is 3.89. The minimum absolute atomic E-state index is 0.410. The molecule has 0 bridgehead atoms. The van der Waals surface area contributed by atoms with Crippen LogP contribution < -0.4 is 0 Å². The summed E-state index contributed by atoms with van der Waals surface area (Å²) in [6.07, 6.45) is 10.0. The van der Waals surface area contributed by atoms with Crippen molar-refractivity contribution in [1.29, 1.82) is 0 Å². The molecule has 12 heavy (non-hydrogen) atoms. The van der Waals surface area contributed by atoms with E-state index in [9.17, 15) is 0 Å². The van der Waals surface area contributed by atoms with Crippen LogP contribution in [0.2, 0.25) is 0 Å². The Morgan fingerprint density at radius 2 is 1.92 bits per heavy atom. The Labute approximate surface area is 76.0 Å². The first-order chi connectivity index (χ1) is 5.76. The third kappa shape index (κ3) is 3.97. The van der Waals surface area contributed by atoms with E-state index < -0.39 is 0 Å². The van der Waals surface area contributed by atoms with E-state index in [1.54, 1.807) is 0 Å². The van der Waals surface area contributed by atoms with Gasteiger partial charge in [-0.25, -0.2) is 0 Å². The van der Waals surface area contributed by atoms with Gasteiger partial charge in [-0.05, 0) is 24.3 Å². The van der Waals surface area contributed by atoms with Crippen molar-refractivity contribution < 1.29 is 0 Å². The van der Waals surface area contributed by atoms with E-state index in [0.717, 1.165) is 12.8 Å². The monoisotopic (exact) mass is 162 g/mol. The molecule has 0 aliphatic rings. The smallest absolute Gasteiger partial charge is 0.00165 e. The molecule has 0 N–H and O–H groups in total. The summed E-state index contributed by atoms with van der Waals surface area (Å²) in [5, 5.41) is 0. The lowest BCUT2D eigenvalue weighted by molar-refractivity contribution is 0.877. The molecule has 0 aromatic heterocycles. The van der Waals surface area contributed by atoms with Crippen molar-refractivity contribution in [2.75, 3.05) is 0 Å². The van der Waals surface area contributed by atoms with Gasteiger partial charge in [0.15, 0.2) is 0 Å². The van der Waals surface area contributed by atoms with Crippen molar-refractivity contribution >= 4 is 0 Å². The molecule has 0 aromatic rings. The molecule has 0 rings (SSSR count). The summed E-state index contributed by atoms with van der Waals surface area (Å²) in [6.45, 7) is 13.3. The van der Waals surface area contributed by atoms with Gasteiger partial charge < -0.3 is 0 Å². The maximum Gasteiger partial charge on any atom is -0.00165 e. The summed E-state index contributed by atoms with van der Waals surface area (Å²) in [5.41, 5.74) is 1.26. The molecule has 0 aromatic carbocycles. The van der Waals surface area contributed by atoms with E-state index in [2.05, 4.69) is 32.7 Å². The standard InChI is InChI=1S/C12H18/c1-5-8-9-10-12(7-3)11(4)6-2/h5-7,10-11H,1-3,8-9H2,4H3/b12-10-. The fourth-order valence-electron chi connectivity index (χ4n) is 0.959. The Kier molecular flexibility index (Phi) is 6.08. The molecular weight excluding hydrogens is 144 g/mol. The highest BCUT2D eigenvalue weighted by Gasteiger charge is 1.98. The summed E-state index contributed by atoms with van der Waals surface area (Å²) in [6, 6.07) is 0. The third-order valence-corrected chi connectivity index (χ3v) is 1.87. The summed E-state index contributed by atoms with van der Waals surface area (Å²) in [7, 11) is 0. The van der Waals surface area contributed by atoms with Gasteiger partial charge in [0.2, 0.25) is 0 Å². The molecule has 0 heterocycles. The largest absolute Gasteiger partial charge is 0.103 e. The van der Waals surface area contributed by atoms with Crippen LogP contribution in [0.3, 0.4) is 0 Å². The average molecular weight is 162 g/mol. The van der Waals surface area contributed by atoms with Crippen molar-refractivity contribution in [2.24, 2.45) is 5.92 Å². The molecule has 0 aliphatic carbocycles. The Hall–Kier alpha value is -1.04. The number of rotatable bonds is 6. The fraction of sp³-hybridized carbons (Fsp3) is 0.333. The van der Waals surface area contributed by atoms with E-state index >= 15 is 0 Å². The Morgan fingerprint density at radius 1 is 1.25 bits per heavy atom. The SMILES string of the molecule is C=CCC/C=C(/C=C)C(C)C=C. The Balaban J connectivity index is 4.11. The second-order valence-corrected chi connectivity index (χ2v) is 2.80. The maximum atomic E-state index is 3.77. The van der Waals surface area contributed by atoms with Gasteiger partial charge in [0.1, 0.15) is 0 Å². The van der Waals surface area contributed by atoms with Gasteiger partial charge in [0, 0.05) is 0 Å². The molecule has 1 unspecified atom stereocenters. The maximum absolute atomic E-state index is 3.77. The van der Waals surface area contributed by atoms with Gasteiger partial charge in [0.05, 0.1) is 0 Å². The number of hydrogen-bond donors (Lipinski definition) is 0. The van der Waals surface area contributed by atoms with Crippen molar-refractivity contribution in [2.45, 2.75) is 19.8 Å². The molecule has 0 aliphatic heterocycles. The van der Waals surface area contributed by atoms with Gasteiger partial charge in [-0.1, -0.05) is 37.8 Å². The first kappa shape index (κ1) is 11.0. The van der Waals surface area contributed by atoms with Crippen LogP contribution in [0.25, 0.3) is 0 Å². The second-order valence-electron chi connectivity index (χ2n) is 2.80. The van der Waals surface area contributed by atoms with Crippen LogP contribution in [0.4, 0.5) is 0 Å². The second kappa shape index (κ2) is 6.66. The highest BCUT2D eigenvalue weighted by atomic mass is 14.0. The zero-order valence-corrected chi connectivity index (χ0v) is 7.92. The van der Waals surface area contributed by atoms with Crippen LogP contribution in [0.5, 0.6) is 0 Å². The van der Waals surface area contributed by atoms with Crippen molar-refractivity contribution in [1.82, 2.24) is 0 Å². The molecule has 0 heteroatoms. The van der Waals surface area contributed by atoms with E-state index in [1.165, 1.54) is 5.57 Å². The number of allylic oxidation sites excluding steroid dienone is 5. The lowest BCUT2D eigenvalue weighted by atomic mass is 10.00. The minimum atomic E-state index is 0.410. The normalized spacial score (nSPS) is 13.6. The van der Waals surface area contributed by atoms with Crippen molar-refractivity contribution in [3.8, 4) is 0 Å². The van der Waals surface area contributed by atoms with Gasteiger partial charge in [-0.15, -0.1) is 13.2 Å². The highest BCUT2D eigenvalue weighted by molar-refractivity contribution is 5.22. The molecule has 0 spiro atoms. The fourth-order valence-corrected chi connectivity index (χ4v) is 0.959. The van der Waals surface area contributed by atoms with E-state index in [-0.39, 0.29) is 0 Å². The van der Waals surface area contributed by atoms with Crippen LogP contribution in [0.1, 0.15) is 19.8 Å². The quantitative estimate of drug-likeness (QED) is 0.316. The van der Waals surface area contributed by atoms with Gasteiger partial charge in [-0.2, -0.15) is 0 Å². The summed E-state index contributed by atoms with van der Waals surface area (Å²) in [5.74, 6) is 0.410. The molecular formula is C12H18. The van der Waals surface area contributed by atoms with Crippen LogP contribution in [-0.2, 0) is 0 Å². The van der Waals surface area contributed by atoms with Gasteiger partial charge in [-0.3, -0.25) is 0 Å².